The largest absolute Gasteiger partial charge is 0.491 e. The number of aromatic nitrogens is 1. The molecule has 1 amide bonds. The second-order valence-electron chi connectivity index (χ2n) is 7.63. The number of hydrogen-bond donors (Lipinski definition) is 1. The number of nitrogens with two attached hydrogens (primary N) is 1. The first kappa shape index (κ1) is 17.1. The molecule has 6 rings (SSSR count). The van der Waals surface area contributed by atoms with Gasteiger partial charge in [0.15, 0.2) is 11.5 Å². The van der Waals surface area contributed by atoms with E-state index in [2.05, 4.69) is 4.98 Å². The Labute approximate surface area is 173 Å². The Morgan fingerprint density at radius 3 is 2.60 bits per heavy atom. The van der Waals surface area contributed by atoms with Gasteiger partial charge in [-0.25, -0.2) is 0 Å². The molecule has 3 aromatic rings. The summed E-state index contributed by atoms with van der Waals surface area (Å²) in [5, 5.41) is 0. The minimum Gasteiger partial charge on any atom is -0.491 e. The Morgan fingerprint density at radius 1 is 0.967 bits per heavy atom. The number of rotatable bonds is 2. The number of fused-ring (bicyclic) bond motifs is 5. The summed E-state index contributed by atoms with van der Waals surface area (Å²) >= 11 is 0. The van der Waals surface area contributed by atoms with Crippen molar-refractivity contribution in [2.24, 2.45) is 0 Å². The van der Waals surface area contributed by atoms with Crippen LogP contribution in [0.4, 0.5) is 11.4 Å². The van der Waals surface area contributed by atoms with Gasteiger partial charge in [-0.3, -0.25) is 9.78 Å². The van der Waals surface area contributed by atoms with Crippen molar-refractivity contribution in [1.82, 2.24) is 4.98 Å². The number of nitrogen functional groups attached to an aromatic ring is 1. The number of pyridine rings is 1. The molecular formula is C23H19N3O4. The van der Waals surface area contributed by atoms with Crippen LogP contribution in [0.2, 0.25) is 0 Å². The zero-order valence-electron chi connectivity index (χ0n) is 16.1. The van der Waals surface area contributed by atoms with Gasteiger partial charge in [0, 0.05) is 23.5 Å². The number of carbonyl (C=O) groups is 1. The molecule has 1 atom stereocenters. The van der Waals surface area contributed by atoms with Gasteiger partial charge in [-0.05, 0) is 29.8 Å². The summed E-state index contributed by atoms with van der Waals surface area (Å²) in [6.07, 6.45) is 1.69. The molecule has 7 nitrogen and oxygen atoms in total. The van der Waals surface area contributed by atoms with E-state index in [4.69, 9.17) is 19.9 Å². The number of ether oxygens (including phenoxy) is 3. The summed E-state index contributed by atoms with van der Waals surface area (Å²) in [5.74, 6) is 1.89. The molecule has 0 saturated heterocycles. The van der Waals surface area contributed by atoms with Crippen LogP contribution in [0, 0.1) is 0 Å². The first-order chi connectivity index (χ1) is 14.7. The van der Waals surface area contributed by atoms with Crippen molar-refractivity contribution in [1.29, 1.82) is 0 Å². The van der Waals surface area contributed by atoms with Crippen LogP contribution in [0.25, 0.3) is 0 Å². The fourth-order valence-electron chi connectivity index (χ4n) is 4.60. The minimum absolute atomic E-state index is 0.0517. The molecular weight excluding hydrogens is 382 g/mol. The van der Waals surface area contributed by atoms with Crippen molar-refractivity contribution in [2.75, 3.05) is 30.5 Å². The normalized spacial score (nSPS) is 20.8. The molecule has 1 aromatic heterocycles. The molecule has 150 valence electrons. The second kappa shape index (κ2) is 6.13. The van der Waals surface area contributed by atoms with E-state index in [9.17, 15) is 4.79 Å². The van der Waals surface area contributed by atoms with Crippen molar-refractivity contribution in [3.8, 4) is 17.2 Å². The number of benzene rings is 2. The maximum Gasteiger partial charge on any atom is 0.246 e. The highest BCUT2D eigenvalue weighted by molar-refractivity contribution is 6.11. The van der Waals surface area contributed by atoms with Gasteiger partial charge in [0.25, 0.3) is 0 Å². The van der Waals surface area contributed by atoms with Crippen molar-refractivity contribution < 1.29 is 19.0 Å². The third-order valence-electron chi connectivity index (χ3n) is 6.05. The maximum atomic E-state index is 13.9. The Kier molecular flexibility index (Phi) is 3.50. The van der Waals surface area contributed by atoms with Crippen LogP contribution in [0.3, 0.4) is 0 Å². The smallest absolute Gasteiger partial charge is 0.246 e. The molecule has 4 heterocycles. The lowest BCUT2D eigenvalue weighted by atomic mass is 9.77. The molecule has 0 aliphatic carbocycles. The molecule has 1 spiro atoms. The van der Waals surface area contributed by atoms with E-state index in [-0.39, 0.29) is 12.5 Å². The standard InChI is InChI=1S/C23H19N3O4/c24-16-5-3-7-25-17(16)12-26-18-6-2-1-4-14(18)23(22(26)27)13-30-19-11-21-20(10-15(19)23)28-8-9-29-21/h1-7,10-11H,8-9,12-13,24H2. The lowest BCUT2D eigenvalue weighted by Gasteiger charge is -2.24. The summed E-state index contributed by atoms with van der Waals surface area (Å²) in [6, 6.07) is 15.1. The topological polar surface area (TPSA) is 86.9 Å². The van der Waals surface area contributed by atoms with Gasteiger partial charge in [-0.2, -0.15) is 0 Å². The van der Waals surface area contributed by atoms with Gasteiger partial charge >= 0.3 is 0 Å². The van der Waals surface area contributed by atoms with Crippen LogP contribution in [-0.2, 0) is 16.8 Å². The molecule has 0 radical (unpaired) electrons. The van der Waals surface area contributed by atoms with Crippen LogP contribution in [-0.4, -0.2) is 30.7 Å². The maximum absolute atomic E-state index is 13.9. The fraction of sp³-hybridized carbons (Fsp3) is 0.217. The number of anilines is 2. The van der Waals surface area contributed by atoms with Gasteiger partial charge in [-0.15, -0.1) is 0 Å². The van der Waals surface area contributed by atoms with E-state index in [1.165, 1.54) is 0 Å². The Balaban J connectivity index is 1.50. The zero-order valence-corrected chi connectivity index (χ0v) is 16.1. The predicted molar refractivity (Wildman–Crippen MR) is 110 cm³/mol. The van der Waals surface area contributed by atoms with Gasteiger partial charge in [-0.1, -0.05) is 18.2 Å². The van der Waals surface area contributed by atoms with Gasteiger partial charge in [0.05, 0.1) is 17.9 Å². The van der Waals surface area contributed by atoms with E-state index in [1.807, 2.05) is 36.4 Å². The van der Waals surface area contributed by atoms with E-state index in [0.29, 0.717) is 48.4 Å². The number of hydrogen-bond acceptors (Lipinski definition) is 6. The summed E-state index contributed by atoms with van der Waals surface area (Å²) in [7, 11) is 0. The molecule has 0 saturated carbocycles. The fourth-order valence-corrected chi connectivity index (χ4v) is 4.60. The van der Waals surface area contributed by atoms with Crippen molar-refractivity contribution in [3.63, 3.8) is 0 Å². The van der Waals surface area contributed by atoms with Crippen LogP contribution in [0.1, 0.15) is 16.8 Å². The quantitative estimate of drug-likeness (QED) is 0.711. The van der Waals surface area contributed by atoms with Gasteiger partial charge in [0.1, 0.15) is 31.0 Å². The number of carbonyl (C=O) groups excluding carboxylic acids is 1. The van der Waals surface area contributed by atoms with Crippen LogP contribution in [0.5, 0.6) is 17.2 Å². The third kappa shape index (κ3) is 2.20. The molecule has 1 unspecified atom stereocenters. The van der Waals surface area contributed by atoms with Crippen molar-refractivity contribution in [3.05, 3.63) is 71.5 Å². The third-order valence-corrected chi connectivity index (χ3v) is 6.05. The summed E-state index contributed by atoms with van der Waals surface area (Å²) < 4.78 is 17.5. The first-order valence-corrected chi connectivity index (χ1v) is 9.86. The average molecular weight is 401 g/mol. The average Bonchev–Trinajstić information content (AvgIpc) is 3.26. The predicted octanol–water partition coefficient (Wildman–Crippen LogP) is 2.66. The molecule has 0 fully saturated rings. The number of nitrogens with zero attached hydrogens (tertiary/aromatic N) is 2. The summed E-state index contributed by atoms with van der Waals surface area (Å²) in [4.78, 5) is 20.1. The van der Waals surface area contributed by atoms with E-state index in [0.717, 1.165) is 16.8 Å². The summed E-state index contributed by atoms with van der Waals surface area (Å²) in [6.45, 7) is 1.51. The van der Waals surface area contributed by atoms with Crippen LogP contribution >= 0.6 is 0 Å². The first-order valence-electron chi connectivity index (χ1n) is 9.86. The SMILES string of the molecule is Nc1cccnc1CN1C(=O)C2(COc3cc4c(cc32)OCCO4)c2ccccc21. The highest BCUT2D eigenvalue weighted by atomic mass is 16.6. The van der Waals surface area contributed by atoms with E-state index >= 15 is 0 Å². The van der Waals surface area contributed by atoms with Crippen LogP contribution in [0.15, 0.2) is 54.7 Å². The van der Waals surface area contributed by atoms with E-state index < -0.39 is 5.41 Å². The molecule has 30 heavy (non-hydrogen) atoms. The Bertz CT molecular complexity index is 1190. The molecule has 3 aliphatic rings. The molecule has 0 bridgehead atoms. The zero-order chi connectivity index (χ0) is 20.3. The monoisotopic (exact) mass is 401 g/mol. The van der Waals surface area contributed by atoms with Crippen molar-refractivity contribution in [2.45, 2.75) is 12.0 Å². The lowest BCUT2D eigenvalue weighted by Crippen LogP contribution is -2.42. The Hall–Kier alpha value is -3.74. The van der Waals surface area contributed by atoms with E-state index in [1.54, 1.807) is 23.2 Å². The second-order valence-corrected chi connectivity index (χ2v) is 7.63. The Morgan fingerprint density at radius 2 is 1.77 bits per heavy atom. The number of para-hydroxylation sites is 1. The highest BCUT2D eigenvalue weighted by Gasteiger charge is 2.57. The van der Waals surface area contributed by atoms with Crippen LogP contribution < -0.4 is 24.8 Å². The van der Waals surface area contributed by atoms with Crippen molar-refractivity contribution >= 4 is 17.3 Å². The molecule has 7 heteroatoms. The summed E-state index contributed by atoms with van der Waals surface area (Å²) in [5.41, 5.74) is 8.98. The van der Waals surface area contributed by atoms with Gasteiger partial charge in [0.2, 0.25) is 5.91 Å². The minimum atomic E-state index is -0.925. The highest BCUT2D eigenvalue weighted by Crippen LogP contribution is 2.55. The molecule has 2 aromatic carbocycles. The molecule has 2 N–H and O–H groups in total. The molecule has 3 aliphatic heterocycles. The van der Waals surface area contributed by atoms with Gasteiger partial charge < -0.3 is 24.8 Å². The lowest BCUT2D eigenvalue weighted by molar-refractivity contribution is -0.122. The number of amides is 1.